The van der Waals surface area contributed by atoms with E-state index in [4.69, 9.17) is 0 Å². The molecule has 2 aliphatic rings. The van der Waals surface area contributed by atoms with Gasteiger partial charge in [-0.3, -0.25) is 0 Å². The highest BCUT2D eigenvalue weighted by Gasteiger charge is 2.42. The third-order valence-electron chi connectivity index (χ3n) is 2.94. The lowest BCUT2D eigenvalue weighted by molar-refractivity contribution is -0.865. The van der Waals surface area contributed by atoms with Gasteiger partial charge in [0, 0.05) is 12.2 Å². The van der Waals surface area contributed by atoms with E-state index in [9.17, 15) is 0 Å². The fourth-order valence-corrected chi connectivity index (χ4v) is 4.00. The smallest absolute Gasteiger partial charge is 0.115 e. The van der Waals surface area contributed by atoms with Crippen molar-refractivity contribution in [1.82, 2.24) is 0 Å². The highest BCUT2D eigenvalue weighted by atomic mass is 32.2. The molecule has 2 rings (SSSR count). The van der Waals surface area contributed by atoms with E-state index in [0.717, 1.165) is 0 Å². The van der Waals surface area contributed by atoms with Gasteiger partial charge in [0.05, 0.1) is 26.2 Å². The molecule has 0 aliphatic carbocycles. The highest BCUT2D eigenvalue weighted by molar-refractivity contribution is 8.00. The maximum Gasteiger partial charge on any atom is 0.115 e. The Bertz CT molecular complexity index is 170. The number of hydrogen-bond donors (Lipinski definition) is 2. The first kappa shape index (κ1) is 8.85. The lowest BCUT2D eigenvalue weighted by atomic mass is 10.1. The molecule has 2 nitrogen and oxygen atoms in total. The van der Waals surface area contributed by atoms with Crippen molar-refractivity contribution in [2.45, 2.75) is 11.2 Å². The van der Waals surface area contributed by atoms with Crippen LogP contribution in [0.3, 0.4) is 0 Å². The van der Waals surface area contributed by atoms with Gasteiger partial charge in [-0.25, -0.2) is 0 Å². The molecular weight excluding hydrogens is 168 g/mol. The van der Waals surface area contributed by atoms with Gasteiger partial charge in [-0.2, -0.15) is 14.1 Å². The minimum Gasteiger partial charge on any atom is -0.466 e. The molecule has 1 spiro atoms. The molecule has 0 aromatic heterocycles. The number of nitrogens with one attached hydrogen (secondary N) is 2. The maximum atomic E-state index is 4.12. The van der Waals surface area contributed by atoms with Crippen LogP contribution in [0, 0.1) is 14.1 Å². The molecular formula is C9H18N2S. The second-order valence-corrected chi connectivity index (χ2v) is 5.70. The quantitative estimate of drug-likeness (QED) is 0.426. The summed E-state index contributed by atoms with van der Waals surface area (Å²) < 4.78 is 0.534. The molecule has 0 aromatic carbocycles. The Labute approximate surface area is 79.3 Å². The number of rotatable bonds is 0. The molecule has 12 heavy (non-hydrogen) atoms. The van der Waals surface area contributed by atoms with E-state index < -0.39 is 0 Å². The van der Waals surface area contributed by atoms with Crippen LogP contribution in [-0.4, -0.2) is 36.7 Å². The molecule has 0 saturated carbocycles. The molecule has 2 heterocycles. The zero-order chi connectivity index (χ0) is 8.60. The first-order valence-corrected chi connectivity index (χ1v) is 5.66. The lowest BCUT2D eigenvalue weighted by Crippen LogP contribution is -3.12. The zero-order valence-corrected chi connectivity index (χ0v) is 8.38. The summed E-state index contributed by atoms with van der Waals surface area (Å²) in [6.07, 6.45) is 1.34. The monoisotopic (exact) mass is 186 g/mol. The van der Waals surface area contributed by atoms with Gasteiger partial charge in [-0.1, -0.05) is 0 Å². The van der Waals surface area contributed by atoms with Gasteiger partial charge < -0.3 is 9.80 Å². The topological polar surface area (TPSA) is 8.88 Å². The Morgan fingerprint density at radius 3 is 2.25 bits per heavy atom. The van der Waals surface area contributed by atoms with Gasteiger partial charge in [0.15, 0.2) is 0 Å². The molecule has 0 bridgehead atoms. The fraction of sp³-hybridized carbons (Fsp3) is 0.778. The molecule has 0 radical (unpaired) electrons. The number of hydrogen-bond acceptors (Lipinski definition) is 1. The highest BCUT2D eigenvalue weighted by Crippen LogP contribution is 2.29. The van der Waals surface area contributed by atoms with Crippen LogP contribution >= 0.6 is 11.8 Å². The maximum absolute atomic E-state index is 4.12. The summed E-state index contributed by atoms with van der Waals surface area (Å²) in [4.78, 5) is 2.92. The summed E-state index contributed by atoms with van der Waals surface area (Å²) in [6, 6.07) is 0. The van der Waals surface area contributed by atoms with Crippen LogP contribution in [-0.2, 0) is 0 Å². The fourth-order valence-electron chi connectivity index (χ4n) is 2.32. The largest absolute Gasteiger partial charge is 0.466 e. The van der Waals surface area contributed by atoms with Crippen molar-refractivity contribution in [3.8, 4) is 0 Å². The molecule has 3 heteroatoms. The Morgan fingerprint density at radius 1 is 1.08 bits per heavy atom. The summed E-state index contributed by atoms with van der Waals surface area (Å²) in [7, 11) is 8.20. The van der Waals surface area contributed by atoms with Crippen molar-refractivity contribution in [1.29, 1.82) is 0 Å². The van der Waals surface area contributed by atoms with Crippen molar-refractivity contribution in [2.24, 2.45) is 0 Å². The minimum absolute atomic E-state index is 0.534. The van der Waals surface area contributed by atoms with Crippen LogP contribution in [0.4, 0.5) is 0 Å². The molecule has 3 atom stereocenters. The summed E-state index contributed by atoms with van der Waals surface area (Å²) in [5.74, 6) is 1.28. The second kappa shape index (κ2) is 3.20. The SMILES string of the molecule is [CH2-][NH+]1CCSC2(CC[NH+]([CH2-])C2)C1. The Morgan fingerprint density at radius 2 is 1.75 bits per heavy atom. The molecule has 2 fully saturated rings. The first-order valence-electron chi connectivity index (χ1n) is 4.67. The average molecular weight is 186 g/mol. The normalized spacial score (nSPS) is 48.5. The molecule has 2 saturated heterocycles. The summed E-state index contributed by atoms with van der Waals surface area (Å²) in [5.41, 5.74) is 0. The van der Waals surface area contributed by atoms with E-state index >= 15 is 0 Å². The van der Waals surface area contributed by atoms with Gasteiger partial charge in [0.2, 0.25) is 0 Å². The molecule has 2 aliphatic heterocycles. The predicted molar refractivity (Wildman–Crippen MR) is 51.9 cm³/mol. The summed E-state index contributed by atoms with van der Waals surface area (Å²) in [6.45, 7) is 4.98. The third kappa shape index (κ3) is 1.63. The van der Waals surface area contributed by atoms with Gasteiger partial charge in [-0.05, 0) is 0 Å². The van der Waals surface area contributed by atoms with Gasteiger partial charge in [0.1, 0.15) is 4.75 Å². The average Bonchev–Trinajstić information content (AvgIpc) is 2.32. The van der Waals surface area contributed by atoms with Gasteiger partial charge in [0.25, 0.3) is 0 Å². The van der Waals surface area contributed by atoms with E-state index in [1.807, 2.05) is 0 Å². The van der Waals surface area contributed by atoms with Crippen molar-refractivity contribution >= 4 is 11.8 Å². The molecule has 2 N–H and O–H groups in total. The van der Waals surface area contributed by atoms with Crippen molar-refractivity contribution in [2.75, 3.05) is 31.9 Å². The van der Waals surface area contributed by atoms with E-state index in [-0.39, 0.29) is 0 Å². The predicted octanol–water partition coefficient (Wildman–Crippen LogP) is -1.77. The number of likely N-dealkylation sites (tertiary alicyclic amines) is 1. The zero-order valence-electron chi connectivity index (χ0n) is 7.57. The molecule has 0 aromatic rings. The molecule has 70 valence electrons. The van der Waals surface area contributed by atoms with E-state index in [1.165, 1.54) is 48.2 Å². The van der Waals surface area contributed by atoms with E-state index in [1.54, 1.807) is 0 Å². The Hall–Kier alpha value is 0.270. The van der Waals surface area contributed by atoms with Crippen LogP contribution in [0.2, 0.25) is 0 Å². The molecule has 0 amide bonds. The first-order chi connectivity index (χ1) is 5.70. The van der Waals surface area contributed by atoms with E-state index in [0.29, 0.717) is 4.75 Å². The number of quaternary nitrogens is 2. The van der Waals surface area contributed by atoms with Crippen molar-refractivity contribution < 1.29 is 9.80 Å². The van der Waals surface area contributed by atoms with Crippen LogP contribution in [0.25, 0.3) is 0 Å². The Kier molecular flexibility index (Phi) is 2.36. The van der Waals surface area contributed by atoms with Crippen molar-refractivity contribution in [3.05, 3.63) is 14.1 Å². The van der Waals surface area contributed by atoms with Crippen LogP contribution in [0.15, 0.2) is 0 Å². The van der Waals surface area contributed by atoms with E-state index in [2.05, 4.69) is 25.9 Å². The third-order valence-corrected chi connectivity index (χ3v) is 4.46. The molecule has 3 unspecified atom stereocenters. The Balaban J connectivity index is 2.00. The minimum atomic E-state index is 0.534. The standard InChI is InChI=1S/C9H18N2S/c1-10-4-3-9(7-10)8-11(2)5-6-12-9/h10-11H,1-8H2. The summed E-state index contributed by atoms with van der Waals surface area (Å²) >= 11 is 2.16. The number of thioether (sulfide) groups is 1. The van der Waals surface area contributed by atoms with Crippen LogP contribution < -0.4 is 9.80 Å². The second-order valence-electron chi connectivity index (χ2n) is 4.14. The van der Waals surface area contributed by atoms with Gasteiger partial charge in [-0.15, -0.1) is 11.8 Å². The van der Waals surface area contributed by atoms with Crippen LogP contribution in [0.1, 0.15) is 6.42 Å². The lowest BCUT2D eigenvalue weighted by Gasteiger charge is -2.37. The summed E-state index contributed by atoms with van der Waals surface area (Å²) in [5, 5.41) is 0. The van der Waals surface area contributed by atoms with Crippen molar-refractivity contribution in [3.63, 3.8) is 0 Å². The van der Waals surface area contributed by atoms with Gasteiger partial charge >= 0.3 is 0 Å². The van der Waals surface area contributed by atoms with Crippen LogP contribution in [0.5, 0.6) is 0 Å².